The molecule has 1 atom stereocenters. The van der Waals surface area contributed by atoms with Gasteiger partial charge >= 0.3 is 0 Å². The second-order valence-electron chi connectivity index (χ2n) is 7.65. The summed E-state index contributed by atoms with van der Waals surface area (Å²) in [7, 11) is 1.70. The predicted octanol–water partition coefficient (Wildman–Crippen LogP) is 4.40. The third-order valence-corrected chi connectivity index (χ3v) is 5.45. The number of likely N-dealkylation sites (tertiary alicyclic amines) is 1. The molecule has 6 nitrogen and oxygen atoms in total. The predicted molar refractivity (Wildman–Crippen MR) is 115 cm³/mol. The first-order valence-corrected chi connectivity index (χ1v) is 10.4. The minimum absolute atomic E-state index is 0.0437. The molecule has 1 aromatic heterocycles. The van der Waals surface area contributed by atoms with Crippen molar-refractivity contribution in [2.45, 2.75) is 26.3 Å². The van der Waals surface area contributed by atoms with Gasteiger partial charge in [0, 0.05) is 25.7 Å². The van der Waals surface area contributed by atoms with Gasteiger partial charge in [0.15, 0.2) is 0 Å². The molecule has 3 aromatic rings. The molecule has 1 fully saturated rings. The molecule has 4 rings (SSSR count). The van der Waals surface area contributed by atoms with Crippen molar-refractivity contribution in [1.82, 2.24) is 15.2 Å². The Hall–Kier alpha value is -3.12. The first kappa shape index (κ1) is 20.2. The van der Waals surface area contributed by atoms with E-state index in [0.29, 0.717) is 12.4 Å². The summed E-state index contributed by atoms with van der Waals surface area (Å²) in [5.41, 5.74) is 1.79. The van der Waals surface area contributed by atoms with Crippen LogP contribution in [0.5, 0.6) is 11.5 Å². The van der Waals surface area contributed by atoms with E-state index in [9.17, 15) is 4.79 Å². The van der Waals surface area contributed by atoms with E-state index in [1.54, 1.807) is 7.05 Å². The number of carbonyl (C=O) groups excluding carboxylic acids is 1. The van der Waals surface area contributed by atoms with E-state index in [1.807, 2.05) is 61.5 Å². The van der Waals surface area contributed by atoms with Gasteiger partial charge in [-0.15, -0.1) is 0 Å². The number of nitrogens with zero attached hydrogens (tertiary/aromatic N) is 2. The van der Waals surface area contributed by atoms with Crippen LogP contribution < -0.4 is 10.1 Å². The van der Waals surface area contributed by atoms with Crippen LogP contribution in [-0.2, 0) is 11.3 Å². The summed E-state index contributed by atoms with van der Waals surface area (Å²) >= 11 is 0. The van der Waals surface area contributed by atoms with Gasteiger partial charge < -0.3 is 14.5 Å². The van der Waals surface area contributed by atoms with Crippen molar-refractivity contribution in [3.8, 4) is 23.0 Å². The molecule has 1 aliphatic rings. The largest absolute Gasteiger partial charge is 0.457 e. The first-order chi connectivity index (χ1) is 14.6. The van der Waals surface area contributed by atoms with Crippen molar-refractivity contribution in [1.29, 1.82) is 0 Å². The number of aromatic nitrogens is 1. The Bertz CT molecular complexity index is 1000. The second kappa shape index (κ2) is 9.13. The van der Waals surface area contributed by atoms with Gasteiger partial charge in [0.2, 0.25) is 11.8 Å². The number of hydrogen-bond acceptors (Lipinski definition) is 5. The number of aryl methyl sites for hydroxylation is 1. The molecule has 2 heterocycles. The van der Waals surface area contributed by atoms with Gasteiger partial charge in [-0.05, 0) is 56.6 Å². The van der Waals surface area contributed by atoms with Crippen molar-refractivity contribution in [3.63, 3.8) is 0 Å². The van der Waals surface area contributed by atoms with Gasteiger partial charge in [0.05, 0.1) is 11.6 Å². The van der Waals surface area contributed by atoms with Crippen LogP contribution in [0.15, 0.2) is 59.0 Å². The highest BCUT2D eigenvalue weighted by molar-refractivity contribution is 5.78. The second-order valence-corrected chi connectivity index (χ2v) is 7.65. The van der Waals surface area contributed by atoms with Crippen LogP contribution in [0.2, 0.25) is 0 Å². The highest BCUT2D eigenvalue weighted by Crippen LogP contribution is 2.29. The lowest BCUT2D eigenvalue weighted by Gasteiger charge is -2.31. The molecule has 1 N–H and O–H groups in total. The van der Waals surface area contributed by atoms with E-state index in [0.717, 1.165) is 54.4 Å². The number of piperidine rings is 1. The molecule has 0 radical (unpaired) electrons. The number of oxazole rings is 1. The van der Waals surface area contributed by atoms with Crippen LogP contribution in [0.3, 0.4) is 0 Å². The van der Waals surface area contributed by atoms with E-state index in [2.05, 4.69) is 10.2 Å². The fourth-order valence-electron chi connectivity index (χ4n) is 3.84. The van der Waals surface area contributed by atoms with Crippen LogP contribution in [0, 0.1) is 12.8 Å². The van der Waals surface area contributed by atoms with Gasteiger partial charge in [-0.25, -0.2) is 4.98 Å². The maximum absolute atomic E-state index is 12.0. The standard InChI is InChI=1S/C24H27N3O3/c1-17-22(16-27-13-7-9-19(15-27)23(28)25-2)26-24(29-17)18-8-6-12-21(14-18)30-20-10-4-3-5-11-20/h3-6,8,10-12,14,19H,7,9,13,15-16H2,1-2H3,(H,25,28)/t19-/m1/s1. The Morgan fingerprint density at radius 2 is 2.00 bits per heavy atom. The molecule has 0 saturated carbocycles. The average molecular weight is 405 g/mol. The highest BCUT2D eigenvalue weighted by atomic mass is 16.5. The van der Waals surface area contributed by atoms with Crippen molar-refractivity contribution >= 4 is 5.91 Å². The zero-order valence-electron chi connectivity index (χ0n) is 17.4. The summed E-state index contributed by atoms with van der Waals surface area (Å²) in [6.07, 6.45) is 1.95. The maximum atomic E-state index is 12.0. The van der Waals surface area contributed by atoms with Crippen molar-refractivity contribution < 1.29 is 13.9 Å². The highest BCUT2D eigenvalue weighted by Gasteiger charge is 2.26. The summed E-state index contributed by atoms with van der Waals surface area (Å²) in [5, 5.41) is 2.77. The Labute approximate surface area is 176 Å². The van der Waals surface area contributed by atoms with Gasteiger partial charge in [-0.2, -0.15) is 0 Å². The fraction of sp³-hybridized carbons (Fsp3) is 0.333. The minimum atomic E-state index is 0.0437. The first-order valence-electron chi connectivity index (χ1n) is 10.4. The summed E-state index contributed by atoms with van der Waals surface area (Å²) in [4.78, 5) is 19.0. The average Bonchev–Trinajstić information content (AvgIpc) is 3.14. The lowest BCUT2D eigenvalue weighted by molar-refractivity contribution is -0.126. The smallest absolute Gasteiger partial charge is 0.226 e. The molecule has 1 aliphatic heterocycles. The Morgan fingerprint density at radius 1 is 1.20 bits per heavy atom. The van der Waals surface area contributed by atoms with Crippen molar-refractivity contribution in [2.75, 3.05) is 20.1 Å². The number of carbonyl (C=O) groups is 1. The minimum Gasteiger partial charge on any atom is -0.457 e. The van der Waals surface area contributed by atoms with E-state index in [4.69, 9.17) is 14.1 Å². The summed E-state index contributed by atoms with van der Waals surface area (Å²) in [5.74, 6) is 3.08. The van der Waals surface area contributed by atoms with Gasteiger partial charge in [0.25, 0.3) is 0 Å². The third kappa shape index (κ3) is 4.71. The molecular formula is C24H27N3O3. The zero-order chi connectivity index (χ0) is 20.9. The number of hydrogen-bond donors (Lipinski definition) is 1. The van der Waals surface area contributed by atoms with E-state index in [1.165, 1.54) is 0 Å². The van der Waals surface area contributed by atoms with Gasteiger partial charge in [0.1, 0.15) is 17.3 Å². The van der Waals surface area contributed by atoms with Crippen LogP contribution in [0.25, 0.3) is 11.5 Å². The summed E-state index contributed by atoms with van der Waals surface area (Å²) in [6, 6.07) is 17.4. The van der Waals surface area contributed by atoms with Crippen LogP contribution in [0.4, 0.5) is 0 Å². The molecule has 1 saturated heterocycles. The summed E-state index contributed by atoms with van der Waals surface area (Å²) < 4.78 is 11.9. The van der Waals surface area contributed by atoms with Gasteiger partial charge in [-0.1, -0.05) is 24.3 Å². The molecule has 0 bridgehead atoms. The normalized spacial score (nSPS) is 16.9. The van der Waals surface area contributed by atoms with Crippen molar-refractivity contribution in [3.05, 3.63) is 66.1 Å². The van der Waals surface area contributed by atoms with Crippen molar-refractivity contribution in [2.24, 2.45) is 5.92 Å². The molecular weight excluding hydrogens is 378 g/mol. The number of nitrogens with one attached hydrogen (secondary N) is 1. The van der Waals surface area contributed by atoms with Crippen LogP contribution in [0.1, 0.15) is 24.3 Å². The van der Waals surface area contributed by atoms with E-state index < -0.39 is 0 Å². The monoisotopic (exact) mass is 405 g/mol. The number of benzene rings is 2. The summed E-state index contributed by atoms with van der Waals surface area (Å²) in [6.45, 7) is 4.34. The molecule has 156 valence electrons. The molecule has 0 unspecified atom stereocenters. The number of rotatable bonds is 6. The van der Waals surface area contributed by atoms with E-state index in [-0.39, 0.29) is 11.8 Å². The lowest BCUT2D eigenvalue weighted by Crippen LogP contribution is -2.41. The fourth-order valence-corrected chi connectivity index (χ4v) is 3.84. The molecule has 2 aromatic carbocycles. The third-order valence-electron chi connectivity index (χ3n) is 5.45. The maximum Gasteiger partial charge on any atom is 0.226 e. The molecule has 6 heteroatoms. The Kier molecular flexibility index (Phi) is 6.14. The Morgan fingerprint density at radius 3 is 2.80 bits per heavy atom. The Balaban J connectivity index is 1.47. The topological polar surface area (TPSA) is 67.6 Å². The molecule has 30 heavy (non-hydrogen) atoms. The van der Waals surface area contributed by atoms with E-state index >= 15 is 0 Å². The molecule has 1 amide bonds. The van der Waals surface area contributed by atoms with Gasteiger partial charge in [-0.3, -0.25) is 9.69 Å². The SMILES string of the molecule is CNC(=O)[C@@H]1CCCN(Cc2nc(-c3cccc(Oc4ccccc4)c3)oc2C)C1. The quantitative estimate of drug-likeness (QED) is 0.658. The number of amides is 1. The zero-order valence-corrected chi connectivity index (χ0v) is 17.4. The molecule has 0 aliphatic carbocycles. The molecule has 0 spiro atoms. The number of ether oxygens (including phenoxy) is 1. The lowest BCUT2D eigenvalue weighted by atomic mass is 9.97. The van der Waals surface area contributed by atoms with Crippen LogP contribution >= 0.6 is 0 Å². The van der Waals surface area contributed by atoms with Crippen LogP contribution in [-0.4, -0.2) is 35.9 Å². The number of para-hydroxylation sites is 1.